The van der Waals surface area contributed by atoms with Gasteiger partial charge in [0.05, 0.1) is 17.2 Å². The van der Waals surface area contributed by atoms with Crippen LogP contribution in [0.15, 0.2) is 72.8 Å². The summed E-state index contributed by atoms with van der Waals surface area (Å²) < 4.78 is 55.4. The summed E-state index contributed by atoms with van der Waals surface area (Å²) in [4.78, 5) is 12.8. The average Bonchev–Trinajstić information content (AvgIpc) is 3.20. The van der Waals surface area contributed by atoms with Crippen LogP contribution in [0.4, 0.5) is 23.2 Å². The number of hydrogen-bond donors (Lipinski definition) is 2. The summed E-state index contributed by atoms with van der Waals surface area (Å²) in [6.07, 6.45) is -0.372. The lowest BCUT2D eigenvalue weighted by atomic mass is 9.88. The molecular weight excluding hydrogens is 472 g/mol. The molecule has 0 saturated heterocycles. The summed E-state index contributed by atoms with van der Waals surface area (Å²) in [5.41, 5.74) is 2.92. The standard InChI is InChI=1S/C28H22F4N2O2/c29-20-8-11-26-18(13-20)14-22(34(26)21-5-2-4-19(15-21)28(30,31)32)9-12-27(36)33-25-6-1-3-17-7-10-23(35)16-24(17)25/h1-6,8-9,11-15,23,35H,7,10,16H2,(H,33,36)/b12-9+. The molecule has 0 radical (unpaired) electrons. The van der Waals surface area contributed by atoms with Gasteiger partial charge in [0.2, 0.25) is 5.91 Å². The van der Waals surface area contributed by atoms with Crippen molar-refractivity contribution in [1.29, 1.82) is 0 Å². The van der Waals surface area contributed by atoms with Crippen LogP contribution >= 0.6 is 0 Å². The molecule has 0 fully saturated rings. The number of aryl methyl sites for hydroxylation is 1. The van der Waals surface area contributed by atoms with Gasteiger partial charge in [-0.15, -0.1) is 0 Å². The van der Waals surface area contributed by atoms with Crippen LogP contribution in [0.3, 0.4) is 0 Å². The monoisotopic (exact) mass is 494 g/mol. The number of fused-ring (bicyclic) bond motifs is 2. The van der Waals surface area contributed by atoms with Crippen molar-refractivity contribution in [3.05, 3.63) is 101 Å². The summed E-state index contributed by atoms with van der Waals surface area (Å²) in [6, 6.07) is 16.0. The van der Waals surface area contributed by atoms with E-state index in [4.69, 9.17) is 0 Å². The first-order valence-corrected chi connectivity index (χ1v) is 11.5. The first-order valence-electron chi connectivity index (χ1n) is 11.5. The van der Waals surface area contributed by atoms with Gasteiger partial charge < -0.3 is 15.0 Å². The first kappa shape index (κ1) is 23.8. The number of benzene rings is 3. The Morgan fingerprint density at radius 2 is 1.86 bits per heavy atom. The molecule has 1 aromatic heterocycles. The van der Waals surface area contributed by atoms with Gasteiger partial charge in [-0.2, -0.15) is 13.2 Å². The number of carbonyl (C=O) groups excluding carboxylic acids is 1. The second-order valence-corrected chi connectivity index (χ2v) is 8.82. The maximum absolute atomic E-state index is 13.9. The Labute approximate surface area is 204 Å². The number of nitrogens with zero attached hydrogens (tertiary/aromatic N) is 1. The minimum Gasteiger partial charge on any atom is -0.393 e. The van der Waals surface area contributed by atoms with Crippen LogP contribution in [0, 0.1) is 5.82 Å². The highest BCUT2D eigenvalue weighted by Crippen LogP contribution is 2.33. The first-order chi connectivity index (χ1) is 17.2. The van der Waals surface area contributed by atoms with Gasteiger partial charge in [0.1, 0.15) is 5.82 Å². The van der Waals surface area contributed by atoms with E-state index in [1.165, 1.54) is 42.5 Å². The molecule has 0 bridgehead atoms. The van der Waals surface area contributed by atoms with Crippen LogP contribution in [-0.4, -0.2) is 21.7 Å². The van der Waals surface area contributed by atoms with E-state index in [0.717, 1.165) is 29.7 Å². The molecule has 184 valence electrons. The molecule has 5 rings (SSSR count). The van der Waals surface area contributed by atoms with Crippen LogP contribution in [0.1, 0.15) is 28.8 Å². The second-order valence-electron chi connectivity index (χ2n) is 8.82. The van der Waals surface area contributed by atoms with Crippen LogP contribution in [0.25, 0.3) is 22.7 Å². The molecule has 0 spiro atoms. The topological polar surface area (TPSA) is 54.3 Å². The predicted octanol–water partition coefficient (Wildman–Crippen LogP) is 6.29. The smallest absolute Gasteiger partial charge is 0.393 e. The number of alkyl halides is 3. The predicted molar refractivity (Wildman–Crippen MR) is 130 cm³/mol. The summed E-state index contributed by atoms with van der Waals surface area (Å²) in [6.45, 7) is 0. The molecule has 1 amide bonds. The Morgan fingerprint density at radius 1 is 1.06 bits per heavy atom. The van der Waals surface area contributed by atoms with Crippen molar-refractivity contribution < 1.29 is 27.5 Å². The number of amides is 1. The number of hydrogen-bond acceptors (Lipinski definition) is 2. The van der Waals surface area contributed by atoms with Gasteiger partial charge in [-0.25, -0.2) is 4.39 Å². The van der Waals surface area contributed by atoms with Crippen molar-refractivity contribution in [3.63, 3.8) is 0 Å². The van der Waals surface area contributed by atoms with E-state index >= 15 is 0 Å². The minimum absolute atomic E-state index is 0.234. The maximum Gasteiger partial charge on any atom is 0.416 e. The molecule has 0 saturated carbocycles. The highest BCUT2D eigenvalue weighted by Gasteiger charge is 2.30. The highest BCUT2D eigenvalue weighted by molar-refractivity contribution is 6.03. The number of halogens is 4. The molecule has 1 aliphatic rings. The summed E-state index contributed by atoms with van der Waals surface area (Å²) in [7, 11) is 0. The Morgan fingerprint density at radius 3 is 2.67 bits per heavy atom. The number of nitrogens with one attached hydrogen (secondary N) is 1. The number of rotatable bonds is 4. The van der Waals surface area contributed by atoms with Crippen LogP contribution in [0.5, 0.6) is 0 Å². The third-order valence-corrected chi connectivity index (χ3v) is 6.35. The van der Waals surface area contributed by atoms with Gasteiger partial charge in [-0.3, -0.25) is 4.79 Å². The third kappa shape index (κ3) is 4.77. The average molecular weight is 494 g/mol. The second kappa shape index (κ2) is 9.28. The number of aliphatic hydroxyl groups excluding tert-OH is 1. The zero-order chi connectivity index (χ0) is 25.4. The van der Waals surface area contributed by atoms with Crippen molar-refractivity contribution in [3.8, 4) is 5.69 Å². The lowest BCUT2D eigenvalue weighted by molar-refractivity contribution is -0.137. The van der Waals surface area contributed by atoms with Crippen LogP contribution in [-0.2, 0) is 23.8 Å². The van der Waals surface area contributed by atoms with Gasteiger partial charge in [-0.1, -0.05) is 18.2 Å². The molecule has 0 aliphatic heterocycles. The van der Waals surface area contributed by atoms with E-state index in [9.17, 15) is 27.5 Å². The van der Waals surface area contributed by atoms with E-state index in [-0.39, 0.29) is 5.69 Å². The molecule has 8 heteroatoms. The molecule has 4 aromatic rings. The molecular formula is C28H22F4N2O2. The Balaban J connectivity index is 1.50. The molecule has 1 unspecified atom stereocenters. The van der Waals surface area contributed by atoms with Gasteiger partial charge in [-0.05, 0) is 78.6 Å². The van der Waals surface area contributed by atoms with Crippen molar-refractivity contribution in [2.24, 2.45) is 0 Å². The fourth-order valence-electron chi connectivity index (χ4n) is 4.66. The van der Waals surface area contributed by atoms with E-state index < -0.39 is 29.6 Å². The van der Waals surface area contributed by atoms with Gasteiger partial charge in [0, 0.05) is 35.0 Å². The third-order valence-electron chi connectivity index (χ3n) is 6.35. The van der Waals surface area contributed by atoms with E-state index in [1.807, 2.05) is 12.1 Å². The summed E-state index contributed by atoms with van der Waals surface area (Å²) in [5, 5.41) is 13.4. The fourth-order valence-corrected chi connectivity index (χ4v) is 4.66. The van der Waals surface area contributed by atoms with Crippen molar-refractivity contribution in [2.45, 2.75) is 31.5 Å². The number of anilines is 1. The van der Waals surface area contributed by atoms with Crippen LogP contribution < -0.4 is 5.32 Å². The molecule has 1 atom stereocenters. The maximum atomic E-state index is 13.9. The van der Waals surface area contributed by atoms with E-state index in [2.05, 4.69) is 5.32 Å². The Hall–Kier alpha value is -3.91. The number of aliphatic hydroxyl groups is 1. The SMILES string of the molecule is O=C(/C=C/c1cc2cc(F)ccc2n1-c1cccc(C(F)(F)F)c1)Nc1cccc2c1CC(O)CC2. The quantitative estimate of drug-likeness (QED) is 0.259. The summed E-state index contributed by atoms with van der Waals surface area (Å²) in [5.74, 6) is -0.913. The highest BCUT2D eigenvalue weighted by atomic mass is 19.4. The van der Waals surface area contributed by atoms with Gasteiger partial charge >= 0.3 is 6.18 Å². The molecule has 3 aromatic carbocycles. The Bertz CT molecular complexity index is 1490. The molecule has 4 nitrogen and oxygen atoms in total. The normalized spacial score (nSPS) is 15.9. The number of carbonyl (C=O) groups is 1. The van der Waals surface area contributed by atoms with Crippen molar-refractivity contribution in [2.75, 3.05) is 5.32 Å². The zero-order valence-corrected chi connectivity index (χ0v) is 19.0. The molecule has 2 N–H and O–H groups in total. The lowest BCUT2D eigenvalue weighted by Gasteiger charge is -2.23. The van der Waals surface area contributed by atoms with E-state index in [0.29, 0.717) is 35.1 Å². The van der Waals surface area contributed by atoms with Crippen molar-refractivity contribution in [1.82, 2.24) is 4.57 Å². The van der Waals surface area contributed by atoms with Crippen LogP contribution in [0.2, 0.25) is 0 Å². The fraction of sp³-hybridized carbons (Fsp3) is 0.179. The summed E-state index contributed by atoms with van der Waals surface area (Å²) >= 11 is 0. The molecule has 36 heavy (non-hydrogen) atoms. The molecule has 1 aliphatic carbocycles. The largest absolute Gasteiger partial charge is 0.416 e. The molecule has 1 heterocycles. The van der Waals surface area contributed by atoms with Gasteiger partial charge in [0.25, 0.3) is 0 Å². The Kier molecular flexibility index (Phi) is 6.14. The number of aromatic nitrogens is 1. The zero-order valence-electron chi connectivity index (χ0n) is 19.0. The van der Waals surface area contributed by atoms with Crippen molar-refractivity contribution >= 4 is 28.6 Å². The lowest BCUT2D eigenvalue weighted by Crippen LogP contribution is -2.21. The van der Waals surface area contributed by atoms with E-state index in [1.54, 1.807) is 16.7 Å². The minimum atomic E-state index is -4.52. The van der Waals surface area contributed by atoms with Gasteiger partial charge in [0.15, 0.2) is 0 Å².